The predicted octanol–water partition coefficient (Wildman–Crippen LogP) is 6.47. The first-order valence-corrected chi connectivity index (χ1v) is 12.3. The summed E-state index contributed by atoms with van der Waals surface area (Å²) < 4.78 is 12.9. The molecule has 1 aliphatic heterocycles. The lowest BCUT2D eigenvalue weighted by Gasteiger charge is -2.50. The number of aliphatic hydroxyl groups is 1. The maximum atomic E-state index is 11.1. The van der Waals surface area contributed by atoms with Crippen molar-refractivity contribution in [3.8, 4) is 5.75 Å². The summed E-state index contributed by atoms with van der Waals surface area (Å²) >= 11 is 1.76. The van der Waals surface area contributed by atoms with E-state index in [9.17, 15) is 5.11 Å². The van der Waals surface area contributed by atoms with Crippen LogP contribution >= 0.6 is 11.8 Å². The highest BCUT2D eigenvalue weighted by molar-refractivity contribution is 8.01. The molecule has 0 bridgehead atoms. The van der Waals surface area contributed by atoms with Gasteiger partial charge in [0.15, 0.2) is 0 Å². The first kappa shape index (κ1) is 21.6. The van der Waals surface area contributed by atoms with E-state index in [-0.39, 0.29) is 16.3 Å². The Morgan fingerprint density at radius 1 is 1.00 bits per heavy atom. The van der Waals surface area contributed by atoms with Crippen molar-refractivity contribution in [2.45, 2.75) is 55.7 Å². The lowest BCUT2D eigenvalue weighted by Crippen LogP contribution is -2.45. The van der Waals surface area contributed by atoms with E-state index in [1.165, 1.54) is 11.1 Å². The molecule has 1 aliphatic carbocycles. The molecular weight excluding hydrogens is 416 g/mol. The molecule has 32 heavy (non-hydrogen) atoms. The fraction of sp³-hybridized carbons (Fsp3) is 0.357. The van der Waals surface area contributed by atoms with Crippen LogP contribution in [0.15, 0.2) is 78.9 Å². The van der Waals surface area contributed by atoms with Crippen LogP contribution in [0.2, 0.25) is 0 Å². The Labute approximate surface area is 194 Å². The lowest BCUT2D eigenvalue weighted by molar-refractivity contribution is -0.0801. The molecule has 0 spiro atoms. The van der Waals surface area contributed by atoms with Crippen molar-refractivity contribution in [2.24, 2.45) is 5.92 Å². The zero-order valence-electron chi connectivity index (χ0n) is 18.6. The Hall–Kier alpha value is -2.27. The number of hydrogen-bond acceptors (Lipinski definition) is 4. The number of fused-ring (bicyclic) bond motifs is 3. The molecule has 1 N–H and O–H groups in total. The van der Waals surface area contributed by atoms with Gasteiger partial charge in [-0.05, 0) is 41.2 Å². The third-order valence-electron chi connectivity index (χ3n) is 6.78. The van der Waals surface area contributed by atoms with E-state index in [4.69, 9.17) is 9.47 Å². The van der Waals surface area contributed by atoms with Gasteiger partial charge in [0, 0.05) is 10.7 Å². The quantitative estimate of drug-likeness (QED) is 0.487. The van der Waals surface area contributed by atoms with Gasteiger partial charge in [-0.1, -0.05) is 86.6 Å². The molecule has 166 valence electrons. The Kier molecular flexibility index (Phi) is 6.02. The van der Waals surface area contributed by atoms with Crippen LogP contribution in [0, 0.1) is 5.92 Å². The molecule has 0 aromatic heterocycles. The van der Waals surface area contributed by atoms with Crippen LogP contribution in [0.3, 0.4) is 0 Å². The SMILES string of the molecule is CC1(C)S[C@H]([C@@H](O)c2ccccc2)O[C@@H]2c3cccc(OCc4ccccc4)c3CC[C@@H]21. The van der Waals surface area contributed by atoms with Crippen LogP contribution in [0.1, 0.15) is 54.7 Å². The van der Waals surface area contributed by atoms with E-state index in [1.54, 1.807) is 11.8 Å². The molecular formula is C28H30O3S. The first-order valence-electron chi connectivity index (χ1n) is 11.4. The lowest BCUT2D eigenvalue weighted by atomic mass is 9.75. The second-order valence-electron chi connectivity index (χ2n) is 9.25. The Morgan fingerprint density at radius 3 is 2.47 bits per heavy atom. The zero-order chi connectivity index (χ0) is 22.1. The molecule has 0 amide bonds. The van der Waals surface area contributed by atoms with Gasteiger partial charge < -0.3 is 14.6 Å². The summed E-state index contributed by atoms with van der Waals surface area (Å²) in [6.07, 6.45) is 1.33. The standard InChI is InChI=1S/C28H30O3S/c1-28(2)23-17-16-21-22(14-9-15-24(21)30-18-19-10-5-3-6-11-19)26(23)31-27(32-28)25(29)20-12-7-4-8-13-20/h3-15,23,25-27,29H,16-18H2,1-2H3/t23-,25-,26+,27+/m0/s1. The molecule has 2 aliphatic rings. The van der Waals surface area contributed by atoms with Gasteiger partial charge in [0.05, 0.1) is 6.10 Å². The third kappa shape index (κ3) is 4.19. The summed E-state index contributed by atoms with van der Waals surface area (Å²) in [5.74, 6) is 1.34. The molecule has 4 heteroatoms. The van der Waals surface area contributed by atoms with Crippen LogP contribution in [0.25, 0.3) is 0 Å². The zero-order valence-corrected chi connectivity index (χ0v) is 19.4. The van der Waals surface area contributed by atoms with E-state index >= 15 is 0 Å². The maximum absolute atomic E-state index is 11.1. The van der Waals surface area contributed by atoms with Gasteiger partial charge in [-0.15, -0.1) is 11.8 Å². The molecule has 4 atom stereocenters. The molecule has 3 nitrogen and oxygen atoms in total. The summed E-state index contributed by atoms with van der Waals surface area (Å²) in [4.78, 5) is 0. The Bertz CT molecular complexity index is 1050. The van der Waals surface area contributed by atoms with Gasteiger partial charge in [-0.25, -0.2) is 0 Å². The summed E-state index contributed by atoms with van der Waals surface area (Å²) in [6.45, 7) is 5.15. The molecule has 1 saturated heterocycles. The van der Waals surface area contributed by atoms with Crippen LogP contribution in [-0.4, -0.2) is 15.3 Å². The van der Waals surface area contributed by atoms with E-state index in [0.29, 0.717) is 12.5 Å². The monoisotopic (exact) mass is 446 g/mol. The van der Waals surface area contributed by atoms with Gasteiger partial charge >= 0.3 is 0 Å². The van der Waals surface area contributed by atoms with Crippen LogP contribution in [-0.2, 0) is 17.8 Å². The maximum Gasteiger partial charge on any atom is 0.134 e. The predicted molar refractivity (Wildman–Crippen MR) is 130 cm³/mol. The third-order valence-corrected chi connectivity index (χ3v) is 8.29. The van der Waals surface area contributed by atoms with E-state index in [2.05, 4.69) is 44.2 Å². The number of hydrogen-bond donors (Lipinski definition) is 1. The highest BCUT2D eigenvalue weighted by Gasteiger charge is 2.49. The van der Waals surface area contributed by atoms with Crippen LogP contribution in [0.5, 0.6) is 5.75 Å². The van der Waals surface area contributed by atoms with Crippen molar-refractivity contribution >= 4 is 11.8 Å². The number of rotatable bonds is 5. The fourth-order valence-corrected chi connectivity index (χ4v) is 6.52. The summed E-state index contributed by atoms with van der Waals surface area (Å²) in [7, 11) is 0. The average Bonchev–Trinajstić information content (AvgIpc) is 2.82. The fourth-order valence-electron chi connectivity index (χ4n) is 5.04. The van der Waals surface area contributed by atoms with Crippen molar-refractivity contribution in [1.29, 1.82) is 0 Å². The highest BCUT2D eigenvalue weighted by atomic mass is 32.2. The molecule has 3 aromatic rings. The average molecular weight is 447 g/mol. The molecule has 0 radical (unpaired) electrons. The van der Waals surface area contributed by atoms with Crippen molar-refractivity contribution < 1.29 is 14.6 Å². The normalized spacial score (nSPS) is 24.8. The second kappa shape index (κ2) is 8.93. The number of ether oxygens (including phenoxy) is 2. The number of benzene rings is 3. The molecule has 1 fully saturated rings. The number of thioether (sulfide) groups is 1. The van der Waals surface area contributed by atoms with Gasteiger partial charge in [0.25, 0.3) is 0 Å². The molecule has 1 heterocycles. The summed E-state index contributed by atoms with van der Waals surface area (Å²) in [6, 6.07) is 26.4. The minimum Gasteiger partial charge on any atom is -0.489 e. The minimum absolute atomic E-state index is 0.00192. The van der Waals surface area contributed by atoms with Crippen LogP contribution in [0.4, 0.5) is 0 Å². The smallest absolute Gasteiger partial charge is 0.134 e. The van der Waals surface area contributed by atoms with Gasteiger partial charge in [0.2, 0.25) is 0 Å². The topological polar surface area (TPSA) is 38.7 Å². The Morgan fingerprint density at radius 2 is 1.72 bits per heavy atom. The van der Waals surface area contributed by atoms with Gasteiger partial charge in [-0.3, -0.25) is 0 Å². The van der Waals surface area contributed by atoms with E-state index in [0.717, 1.165) is 29.7 Å². The summed E-state index contributed by atoms with van der Waals surface area (Å²) in [5, 5.41) is 11.1. The molecule has 3 aromatic carbocycles. The Balaban J connectivity index is 1.42. The van der Waals surface area contributed by atoms with E-state index < -0.39 is 6.10 Å². The van der Waals surface area contributed by atoms with Crippen LogP contribution < -0.4 is 4.74 Å². The largest absolute Gasteiger partial charge is 0.489 e. The minimum atomic E-state index is -0.663. The highest BCUT2D eigenvalue weighted by Crippen LogP contribution is 2.56. The van der Waals surface area contributed by atoms with Gasteiger partial charge in [-0.2, -0.15) is 0 Å². The molecule has 5 rings (SSSR count). The molecule has 0 saturated carbocycles. The van der Waals surface area contributed by atoms with Crippen molar-refractivity contribution in [3.63, 3.8) is 0 Å². The number of aliphatic hydroxyl groups excluding tert-OH is 1. The van der Waals surface area contributed by atoms with Crippen molar-refractivity contribution in [2.75, 3.05) is 0 Å². The molecule has 0 unspecified atom stereocenters. The first-order chi connectivity index (χ1) is 15.5. The summed E-state index contributed by atoms with van der Waals surface area (Å²) in [5.41, 5.74) is 4.21. The van der Waals surface area contributed by atoms with Crippen molar-refractivity contribution in [3.05, 3.63) is 101 Å². The van der Waals surface area contributed by atoms with Crippen molar-refractivity contribution in [1.82, 2.24) is 0 Å². The van der Waals surface area contributed by atoms with E-state index in [1.807, 2.05) is 48.5 Å². The second-order valence-corrected chi connectivity index (χ2v) is 11.0. The van der Waals surface area contributed by atoms with Gasteiger partial charge in [0.1, 0.15) is 23.9 Å².